The molecule has 5 nitrogen and oxygen atoms in total. The van der Waals surface area contributed by atoms with Crippen molar-refractivity contribution in [2.24, 2.45) is 5.92 Å². The number of piperidine rings is 1. The molecule has 0 unspecified atom stereocenters. The van der Waals surface area contributed by atoms with Crippen molar-refractivity contribution < 1.29 is 13.2 Å². The van der Waals surface area contributed by atoms with Crippen LogP contribution in [0.5, 0.6) is 0 Å². The van der Waals surface area contributed by atoms with Gasteiger partial charge in [0.1, 0.15) is 0 Å². The number of nitrogens with zero attached hydrogens (tertiary/aromatic N) is 4. The van der Waals surface area contributed by atoms with E-state index in [0.717, 1.165) is 35.2 Å². The van der Waals surface area contributed by atoms with E-state index in [1.165, 1.54) is 30.6 Å². The molecule has 26 heavy (non-hydrogen) atoms. The Morgan fingerprint density at radius 1 is 1.15 bits per heavy atom. The smallest absolute Gasteiger partial charge is 0.360 e. The Balaban J connectivity index is 1.26. The number of rotatable bonds is 5. The molecule has 9 heteroatoms. The molecule has 2 aliphatic rings. The minimum atomic E-state index is -4.10. The first kappa shape index (κ1) is 18.0. The molecule has 1 saturated heterocycles. The lowest BCUT2D eigenvalue weighted by Crippen LogP contribution is -2.41. The highest BCUT2D eigenvalue weighted by Crippen LogP contribution is 2.34. The Morgan fingerprint density at radius 2 is 1.88 bits per heavy atom. The van der Waals surface area contributed by atoms with Crippen molar-refractivity contribution in [2.45, 2.75) is 50.6 Å². The number of likely N-dealkylation sites (tertiary alicyclic amines) is 1. The molecular weight excluding hydrogens is 363 g/mol. The minimum Gasteiger partial charge on any atom is -0.360 e. The van der Waals surface area contributed by atoms with Crippen LogP contribution in [-0.2, 0) is 0 Å². The Labute approximate surface area is 154 Å². The fourth-order valence-electron chi connectivity index (χ4n) is 4.04. The summed E-state index contributed by atoms with van der Waals surface area (Å²) in [5.74, 6) is 0.979. The molecule has 4 rings (SSSR count). The number of aromatic nitrogens is 3. The molecule has 1 aliphatic carbocycles. The summed E-state index contributed by atoms with van der Waals surface area (Å²) < 4.78 is 39.2. The second-order valence-corrected chi connectivity index (χ2v) is 8.45. The van der Waals surface area contributed by atoms with Gasteiger partial charge in [0.25, 0.3) is 0 Å². The third kappa shape index (κ3) is 4.31. The maximum Gasteiger partial charge on any atom is 0.401 e. The summed E-state index contributed by atoms with van der Waals surface area (Å²) in [5, 5.41) is 8.74. The van der Waals surface area contributed by atoms with E-state index >= 15 is 0 Å². The molecule has 0 bridgehead atoms. The summed E-state index contributed by atoms with van der Waals surface area (Å²) in [5.41, 5.74) is 1.16. The number of hydrogen-bond acceptors (Lipinski definition) is 5. The zero-order valence-corrected chi connectivity index (χ0v) is 15.5. The first-order chi connectivity index (χ1) is 12.5. The average molecular weight is 387 g/mol. The molecule has 2 aromatic heterocycles. The van der Waals surface area contributed by atoms with Gasteiger partial charge in [-0.1, -0.05) is 24.2 Å². The van der Waals surface area contributed by atoms with E-state index in [0.29, 0.717) is 24.9 Å². The number of hydrogen-bond donors (Lipinski definition) is 1. The first-order valence-electron chi connectivity index (χ1n) is 9.35. The van der Waals surface area contributed by atoms with Crippen LogP contribution in [0.3, 0.4) is 0 Å². The van der Waals surface area contributed by atoms with Crippen molar-refractivity contribution in [3.8, 4) is 0 Å². The number of fused-ring (bicyclic) bond motifs is 1. The van der Waals surface area contributed by atoms with Gasteiger partial charge in [-0.3, -0.25) is 4.90 Å². The molecule has 0 atom stereocenters. The van der Waals surface area contributed by atoms with Gasteiger partial charge in [0.2, 0.25) is 10.1 Å². The third-order valence-electron chi connectivity index (χ3n) is 5.49. The maximum absolute atomic E-state index is 12.4. The van der Waals surface area contributed by atoms with Gasteiger partial charge in [-0.2, -0.15) is 13.2 Å². The highest BCUT2D eigenvalue weighted by atomic mass is 32.1. The van der Waals surface area contributed by atoms with Crippen molar-refractivity contribution in [2.75, 3.05) is 31.5 Å². The molecule has 0 spiro atoms. The topological polar surface area (TPSA) is 45.5 Å². The van der Waals surface area contributed by atoms with Gasteiger partial charge >= 0.3 is 6.18 Å². The second-order valence-electron chi connectivity index (χ2n) is 7.50. The highest BCUT2D eigenvalue weighted by molar-refractivity contribution is 7.20. The van der Waals surface area contributed by atoms with Gasteiger partial charge in [0.05, 0.1) is 18.4 Å². The lowest BCUT2D eigenvalue weighted by molar-refractivity contribution is -0.148. The SMILES string of the molecule is FC(F)(F)CN1CCC(CNc2nn3cc(C4CCCC4)nc3s2)CC1. The molecule has 3 heterocycles. The van der Waals surface area contributed by atoms with Crippen LogP contribution >= 0.6 is 11.3 Å². The summed E-state index contributed by atoms with van der Waals surface area (Å²) in [6.07, 6.45) is 4.55. The summed E-state index contributed by atoms with van der Waals surface area (Å²) in [7, 11) is 0. The number of halogens is 3. The van der Waals surface area contributed by atoms with Crippen LogP contribution < -0.4 is 5.32 Å². The Hall–Kier alpha value is -1.35. The maximum atomic E-state index is 12.4. The molecule has 2 fully saturated rings. The van der Waals surface area contributed by atoms with Crippen molar-refractivity contribution in [3.05, 3.63) is 11.9 Å². The predicted molar refractivity (Wildman–Crippen MR) is 95.8 cm³/mol. The van der Waals surface area contributed by atoms with Gasteiger partial charge < -0.3 is 5.32 Å². The number of nitrogens with one attached hydrogen (secondary N) is 1. The van der Waals surface area contributed by atoms with Crippen LogP contribution in [-0.4, -0.2) is 51.9 Å². The van der Waals surface area contributed by atoms with E-state index in [9.17, 15) is 13.2 Å². The third-order valence-corrected chi connectivity index (χ3v) is 6.37. The largest absolute Gasteiger partial charge is 0.401 e. The second kappa shape index (κ2) is 7.34. The lowest BCUT2D eigenvalue weighted by Gasteiger charge is -2.32. The Bertz CT molecular complexity index is 695. The minimum absolute atomic E-state index is 0.393. The van der Waals surface area contributed by atoms with Gasteiger partial charge in [-0.25, -0.2) is 9.50 Å². The molecule has 2 aromatic rings. The number of alkyl halides is 3. The van der Waals surface area contributed by atoms with Crippen LogP contribution in [0.25, 0.3) is 4.96 Å². The molecule has 1 N–H and O–H groups in total. The zero-order chi connectivity index (χ0) is 18.1. The fourth-order valence-corrected chi connectivity index (χ4v) is 4.84. The fraction of sp³-hybridized carbons (Fsp3) is 0.765. The quantitative estimate of drug-likeness (QED) is 0.838. The molecule has 0 radical (unpaired) electrons. The van der Waals surface area contributed by atoms with Gasteiger partial charge in [0.15, 0.2) is 0 Å². The predicted octanol–water partition coefficient (Wildman–Crippen LogP) is 4.13. The van der Waals surface area contributed by atoms with Crippen LogP contribution in [0, 0.1) is 5.92 Å². The molecule has 0 aromatic carbocycles. The molecular formula is C17H24F3N5S. The van der Waals surface area contributed by atoms with E-state index in [2.05, 4.69) is 10.4 Å². The van der Waals surface area contributed by atoms with Gasteiger partial charge in [0, 0.05) is 12.5 Å². The summed E-state index contributed by atoms with van der Waals surface area (Å²) >= 11 is 1.54. The zero-order valence-electron chi connectivity index (χ0n) is 14.6. The average Bonchev–Trinajstić information content (AvgIpc) is 3.28. The molecule has 1 aliphatic heterocycles. The standard InChI is InChI=1S/C17H24F3N5S/c18-17(19,20)11-24-7-5-12(6-8-24)9-21-15-23-25-10-14(22-16(25)26-15)13-3-1-2-4-13/h10,12-13H,1-9,11H2,(H,21,23). The van der Waals surface area contributed by atoms with Crippen molar-refractivity contribution in [3.63, 3.8) is 0 Å². The van der Waals surface area contributed by atoms with Crippen LogP contribution in [0.1, 0.15) is 50.1 Å². The highest BCUT2D eigenvalue weighted by Gasteiger charge is 2.32. The van der Waals surface area contributed by atoms with Crippen LogP contribution in [0.15, 0.2) is 6.20 Å². The van der Waals surface area contributed by atoms with E-state index in [1.807, 2.05) is 10.7 Å². The molecule has 144 valence electrons. The van der Waals surface area contributed by atoms with E-state index in [4.69, 9.17) is 4.98 Å². The number of imidazole rings is 1. The monoisotopic (exact) mass is 387 g/mol. The summed E-state index contributed by atoms with van der Waals surface area (Å²) in [4.78, 5) is 7.13. The first-order valence-corrected chi connectivity index (χ1v) is 10.2. The Morgan fingerprint density at radius 3 is 2.54 bits per heavy atom. The van der Waals surface area contributed by atoms with Crippen molar-refractivity contribution in [1.82, 2.24) is 19.5 Å². The van der Waals surface area contributed by atoms with Crippen LogP contribution in [0.4, 0.5) is 18.3 Å². The van der Waals surface area contributed by atoms with Gasteiger partial charge in [-0.05, 0) is 44.7 Å². The molecule has 0 amide bonds. The van der Waals surface area contributed by atoms with Gasteiger partial charge in [-0.15, -0.1) is 5.10 Å². The number of anilines is 1. The van der Waals surface area contributed by atoms with E-state index < -0.39 is 12.7 Å². The summed E-state index contributed by atoms with van der Waals surface area (Å²) in [6.45, 7) is 0.988. The lowest BCUT2D eigenvalue weighted by atomic mass is 9.97. The van der Waals surface area contributed by atoms with E-state index in [-0.39, 0.29) is 0 Å². The normalized spacial score (nSPS) is 21.0. The molecule has 1 saturated carbocycles. The summed E-state index contributed by atoms with van der Waals surface area (Å²) in [6, 6.07) is 0. The van der Waals surface area contributed by atoms with E-state index in [1.54, 1.807) is 11.3 Å². The van der Waals surface area contributed by atoms with Crippen molar-refractivity contribution >= 4 is 21.4 Å². The van der Waals surface area contributed by atoms with Crippen LogP contribution in [0.2, 0.25) is 0 Å². The van der Waals surface area contributed by atoms with Crippen molar-refractivity contribution in [1.29, 1.82) is 0 Å². The Kier molecular flexibility index (Phi) is 5.09.